The standard InChI is InChI=1S/C19H23NO4/c1-5-16(14-9-7-6-8-10-14)18(21)20(3)12-15-11-17(13(2)24-15)19(22)23-4/h6-11,16H,5,12H2,1-4H3. The normalized spacial score (nSPS) is 11.8. The van der Waals surface area contributed by atoms with E-state index in [1.807, 2.05) is 37.3 Å². The zero-order valence-corrected chi connectivity index (χ0v) is 14.5. The van der Waals surface area contributed by atoms with Gasteiger partial charge in [0.2, 0.25) is 5.91 Å². The topological polar surface area (TPSA) is 59.8 Å². The highest BCUT2D eigenvalue weighted by atomic mass is 16.5. The monoisotopic (exact) mass is 329 g/mol. The average molecular weight is 329 g/mol. The molecule has 5 heteroatoms. The van der Waals surface area contributed by atoms with Gasteiger partial charge >= 0.3 is 5.97 Å². The van der Waals surface area contributed by atoms with Gasteiger partial charge in [0.15, 0.2) is 0 Å². The number of furan rings is 1. The number of amides is 1. The van der Waals surface area contributed by atoms with Gasteiger partial charge in [0.05, 0.1) is 19.6 Å². The number of rotatable bonds is 6. The highest BCUT2D eigenvalue weighted by Gasteiger charge is 2.24. The van der Waals surface area contributed by atoms with Crippen LogP contribution in [0.25, 0.3) is 0 Å². The molecule has 1 amide bonds. The minimum absolute atomic E-state index is 0.0253. The summed E-state index contributed by atoms with van der Waals surface area (Å²) in [6.45, 7) is 4.01. The number of carbonyl (C=O) groups is 2. The molecule has 0 radical (unpaired) electrons. The second kappa shape index (κ2) is 7.81. The van der Waals surface area contributed by atoms with Gasteiger partial charge < -0.3 is 14.1 Å². The number of benzene rings is 1. The van der Waals surface area contributed by atoms with E-state index in [0.29, 0.717) is 23.6 Å². The summed E-state index contributed by atoms with van der Waals surface area (Å²) in [5.41, 5.74) is 1.39. The summed E-state index contributed by atoms with van der Waals surface area (Å²) in [6, 6.07) is 11.4. The van der Waals surface area contributed by atoms with Crippen LogP contribution in [0, 0.1) is 6.92 Å². The van der Waals surface area contributed by atoms with E-state index in [9.17, 15) is 9.59 Å². The zero-order valence-electron chi connectivity index (χ0n) is 14.5. The first-order valence-corrected chi connectivity index (χ1v) is 7.95. The second-order valence-corrected chi connectivity index (χ2v) is 5.74. The van der Waals surface area contributed by atoms with E-state index in [2.05, 4.69) is 0 Å². The Hall–Kier alpha value is -2.56. The fourth-order valence-electron chi connectivity index (χ4n) is 2.75. The van der Waals surface area contributed by atoms with Crippen LogP contribution in [0.5, 0.6) is 0 Å². The molecular formula is C19H23NO4. The van der Waals surface area contributed by atoms with Crippen LogP contribution in [0.15, 0.2) is 40.8 Å². The molecule has 1 heterocycles. The number of hydrogen-bond acceptors (Lipinski definition) is 4. The van der Waals surface area contributed by atoms with Crippen molar-refractivity contribution in [3.05, 3.63) is 59.0 Å². The fraction of sp³-hybridized carbons (Fsp3) is 0.368. The predicted octanol–water partition coefficient (Wildman–Crippen LogP) is 3.53. The van der Waals surface area contributed by atoms with Crippen molar-refractivity contribution < 1.29 is 18.7 Å². The Morgan fingerprint density at radius 1 is 1.25 bits per heavy atom. The summed E-state index contributed by atoms with van der Waals surface area (Å²) in [4.78, 5) is 26.0. The number of hydrogen-bond donors (Lipinski definition) is 0. The summed E-state index contributed by atoms with van der Waals surface area (Å²) in [7, 11) is 3.07. The number of methoxy groups -OCH3 is 1. The minimum Gasteiger partial charge on any atom is -0.465 e. The third kappa shape index (κ3) is 3.85. The van der Waals surface area contributed by atoms with Crippen LogP contribution < -0.4 is 0 Å². The number of aryl methyl sites for hydroxylation is 1. The molecule has 1 aromatic heterocycles. The van der Waals surface area contributed by atoms with Gasteiger partial charge in [-0.15, -0.1) is 0 Å². The zero-order chi connectivity index (χ0) is 17.7. The summed E-state index contributed by atoms with van der Waals surface area (Å²) in [6.07, 6.45) is 0.720. The Bertz CT molecular complexity index is 705. The van der Waals surface area contributed by atoms with Gasteiger partial charge in [-0.3, -0.25) is 4.79 Å². The molecule has 0 saturated heterocycles. The molecule has 0 aliphatic heterocycles. The molecule has 0 aliphatic rings. The van der Waals surface area contributed by atoms with Crippen molar-refractivity contribution >= 4 is 11.9 Å². The highest BCUT2D eigenvalue weighted by molar-refractivity contribution is 5.90. The van der Waals surface area contributed by atoms with Crippen LogP contribution in [0.4, 0.5) is 0 Å². The number of ether oxygens (including phenoxy) is 1. The van der Waals surface area contributed by atoms with E-state index in [-0.39, 0.29) is 11.8 Å². The first-order chi connectivity index (χ1) is 11.5. The van der Waals surface area contributed by atoms with Gasteiger partial charge in [-0.2, -0.15) is 0 Å². The Labute approximate surface area is 142 Å². The lowest BCUT2D eigenvalue weighted by atomic mass is 9.95. The maximum absolute atomic E-state index is 12.8. The molecule has 0 aliphatic carbocycles. The first-order valence-electron chi connectivity index (χ1n) is 7.95. The number of likely N-dealkylation sites (N-methyl/N-ethyl adjacent to an activating group) is 1. The molecule has 0 spiro atoms. The van der Waals surface area contributed by atoms with Crippen LogP contribution in [-0.4, -0.2) is 30.9 Å². The molecule has 5 nitrogen and oxygen atoms in total. The first kappa shape index (κ1) is 17.8. The van der Waals surface area contributed by atoms with Crippen LogP contribution in [0.3, 0.4) is 0 Å². The predicted molar refractivity (Wildman–Crippen MR) is 90.7 cm³/mol. The summed E-state index contributed by atoms with van der Waals surface area (Å²) in [5.74, 6) is 0.455. The van der Waals surface area contributed by atoms with Gasteiger partial charge in [-0.05, 0) is 25.0 Å². The van der Waals surface area contributed by atoms with E-state index in [4.69, 9.17) is 9.15 Å². The Kier molecular flexibility index (Phi) is 5.79. The van der Waals surface area contributed by atoms with Crippen LogP contribution in [0.2, 0.25) is 0 Å². The number of carbonyl (C=O) groups excluding carboxylic acids is 2. The van der Waals surface area contributed by atoms with Gasteiger partial charge in [0.25, 0.3) is 0 Å². The quantitative estimate of drug-likeness (QED) is 0.761. The van der Waals surface area contributed by atoms with E-state index >= 15 is 0 Å². The SMILES string of the molecule is CCC(C(=O)N(C)Cc1cc(C(=O)OC)c(C)o1)c1ccccc1. The second-order valence-electron chi connectivity index (χ2n) is 5.74. The van der Waals surface area contributed by atoms with Crippen molar-refractivity contribution in [2.45, 2.75) is 32.7 Å². The smallest absolute Gasteiger partial charge is 0.341 e. The van der Waals surface area contributed by atoms with Crippen molar-refractivity contribution in [3.8, 4) is 0 Å². The molecule has 0 saturated carbocycles. The Morgan fingerprint density at radius 3 is 2.50 bits per heavy atom. The minimum atomic E-state index is -0.438. The number of esters is 1. The lowest BCUT2D eigenvalue weighted by molar-refractivity contribution is -0.132. The molecule has 2 rings (SSSR count). The molecule has 0 N–H and O–H groups in total. The van der Waals surface area contributed by atoms with Gasteiger partial charge in [0.1, 0.15) is 17.1 Å². The average Bonchev–Trinajstić information content (AvgIpc) is 2.96. The van der Waals surface area contributed by atoms with Gasteiger partial charge in [-0.1, -0.05) is 37.3 Å². The van der Waals surface area contributed by atoms with Gasteiger partial charge in [0, 0.05) is 7.05 Å². The molecule has 2 aromatic rings. The van der Waals surface area contributed by atoms with Crippen LogP contribution in [0.1, 0.15) is 46.7 Å². The Balaban J connectivity index is 2.12. The van der Waals surface area contributed by atoms with E-state index in [1.54, 1.807) is 24.9 Å². The number of nitrogens with zero attached hydrogens (tertiary/aromatic N) is 1. The molecule has 1 aromatic carbocycles. The molecule has 1 atom stereocenters. The summed E-state index contributed by atoms with van der Waals surface area (Å²) in [5, 5.41) is 0. The van der Waals surface area contributed by atoms with Crippen LogP contribution >= 0.6 is 0 Å². The van der Waals surface area contributed by atoms with Crippen molar-refractivity contribution in [2.75, 3.05) is 14.2 Å². The van der Waals surface area contributed by atoms with E-state index in [0.717, 1.165) is 12.0 Å². The lowest BCUT2D eigenvalue weighted by Crippen LogP contribution is -2.31. The van der Waals surface area contributed by atoms with Crippen LogP contribution in [-0.2, 0) is 16.1 Å². The molecule has 0 bridgehead atoms. The molecule has 1 unspecified atom stereocenters. The lowest BCUT2D eigenvalue weighted by Gasteiger charge is -2.22. The molecular weight excluding hydrogens is 306 g/mol. The molecule has 128 valence electrons. The Morgan fingerprint density at radius 2 is 1.92 bits per heavy atom. The van der Waals surface area contributed by atoms with Crippen molar-refractivity contribution in [1.29, 1.82) is 0 Å². The van der Waals surface area contributed by atoms with Gasteiger partial charge in [-0.25, -0.2) is 4.79 Å². The summed E-state index contributed by atoms with van der Waals surface area (Å²) < 4.78 is 10.3. The maximum Gasteiger partial charge on any atom is 0.341 e. The van der Waals surface area contributed by atoms with E-state index < -0.39 is 5.97 Å². The highest BCUT2D eigenvalue weighted by Crippen LogP contribution is 2.23. The summed E-state index contributed by atoms with van der Waals surface area (Å²) >= 11 is 0. The van der Waals surface area contributed by atoms with Crippen molar-refractivity contribution in [3.63, 3.8) is 0 Å². The molecule has 24 heavy (non-hydrogen) atoms. The van der Waals surface area contributed by atoms with E-state index in [1.165, 1.54) is 7.11 Å². The fourth-order valence-corrected chi connectivity index (χ4v) is 2.75. The molecule has 0 fully saturated rings. The largest absolute Gasteiger partial charge is 0.465 e. The third-order valence-corrected chi connectivity index (χ3v) is 4.05. The van der Waals surface area contributed by atoms with Crippen molar-refractivity contribution in [1.82, 2.24) is 4.90 Å². The maximum atomic E-state index is 12.8. The van der Waals surface area contributed by atoms with Crippen molar-refractivity contribution in [2.24, 2.45) is 0 Å². The third-order valence-electron chi connectivity index (χ3n) is 4.05.